The van der Waals surface area contributed by atoms with Gasteiger partial charge in [-0.25, -0.2) is 26.3 Å². The number of benzene rings is 4. The van der Waals surface area contributed by atoms with Crippen molar-refractivity contribution in [1.29, 1.82) is 0 Å². The Morgan fingerprint density at radius 2 is 1.02 bits per heavy atom. The molecule has 2 nitrogen and oxygen atoms in total. The third-order valence-electron chi connectivity index (χ3n) is 6.29. The van der Waals surface area contributed by atoms with Crippen LogP contribution < -0.4 is 9.47 Å². The normalized spacial score (nSPS) is 11.3. The highest BCUT2D eigenvalue weighted by atomic mass is 19.4. The van der Waals surface area contributed by atoms with Gasteiger partial charge >= 0.3 is 12.5 Å². The second-order valence-corrected chi connectivity index (χ2v) is 9.81. The van der Waals surface area contributed by atoms with Crippen LogP contribution in [0, 0.1) is 58.6 Å². The van der Waals surface area contributed by atoms with E-state index in [0.29, 0.717) is 42.8 Å². The summed E-state index contributed by atoms with van der Waals surface area (Å²) in [6.07, 6.45) is -6.86. The van der Waals surface area contributed by atoms with E-state index in [-0.39, 0.29) is 0 Å². The summed E-state index contributed by atoms with van der Waals surface area (Å²) in [5, 5.41) is 0. The molecule has 0 fully saturated rings. The molecule has 0 aromatic heterocycles. The van der Waals surface area contributed by atoms with Crippen molar-refractivity contribution >= 4 is 0 Å². The van der Waals surface area contributed by atoms with Gasteiger partial charge in [-0.2, -0.15) is 8.78 Å². The molecule has 13 heteroatoms. The summed E-state index contributed by atoms with van der Waals surface area (Å²) in [6.45, 7) is 1.98. The Hall–Kier alpha value is -5.17. The molecule has 0 atom stereocenters. The van der Waals surface area contributed by atoms with E-state index in [1.165, 1.54) is 12.1 Å². The molecule has 0 saturated carbocycles. The maximum atomic E-state index is 14.7. The van der Waals surface area contributed by atoms with Crippen molar-refractivity contribution in [1.82, 2.24) is 0 Å². The topological polar surface area (TPSA) is 18.5 Å². The van der Waals surface area contributed by atoms with Crippen LogP contribution in [0.2, 0.25) is 0 Å². The molecule has 0 unspecified atom stereocenters. The van der Waals surface area contributed by atoms with Crippen LogP contribution in [0.15, 0.2) is 60.7 Å². The van der Waals surface area contributed by atoms with E-state index in [9.17, 15) is 48.3 Å². The number of rotatable bonds is 7. The second-order valence-electron chi connectivity index (χ2n) is 9.81. The molecule has 0 spiro atoms. The van der Waals surface area contributed by atoms with Crippen LogP contribution in [0.5, 0.6) is 11.5 Å². The first-order chi connectivity index (χ1) is 22.1. The van der Waals surface area contributed by atoms with Gasteiger partial charge in [-0.1, -0.05) is 49.2 Å². The number of ether oxygens (including phenoxy) is 2. The van der Waals surface area contributed by atoms with E-state index in [1.807, 2.05) is 24.7 Å². The van der Waals surface area contributed by atoms with Gasteiger partial charge < -0.3 is 9.47 Å². The van der Waals surface area contributed by atoms with Crippen molar-refractivity contribution in [3.8, 4) is 35.2 Å². The molecule has 0 radical (unpaired) electrons. The minimum atomic E-state index is -5.39. The van der Waals surface area contributed by atoms with Gasteiger partial charge in [-0.05, 0) is 54.8 Å². The maximum absolute atomic E-state index is 14.7. The fourth-order valence-electron chi connectivity index (χ4n) is 4.06. The number of hydrogen-bond acceptors (Lipinski definition) is 2. The van der Waals surface area contributed by atoms with Crippen molar-refractivity contribution in [2.75, 3.05) is 0 Å². The number of halogens is 11. The molecule has 0 bridgehead atoms. The molecule has 0 heterocycles. The Balaban J connectivity index is 1.52. The Morgan fingerprint density at radius 1 is 0.574 bits per heavy atom. The van der Waals surface area contributed by atoms with Gasteiger partial charge in [-0.15, -0.1) is 13.2 Å². The number of alkyl halides is 5. The van der Waals surface area contributed by atoms with Gasteiger partial charge in [0.2, 0.25) is 5.75 Å². The van der Waals surface area contributed by atoms with E-state index in [0.717, 1.165) is 30.5 Å². The Bertz CT molecular complexity index is 1840. The number of unbranched alkanes of at least 4 members (excludes halogenated alkanes) is 1. The molecule has 244 valence electrons. The number of hydrogen-bond donors (Lipinski definition) is 0. The van der Waals surface area contributed by atoms with E-state index < -0.39 is 86.7 Å². The van der Waals surface area contributed by atoms with E-state index in [2.05, 4.69) is 15.4 Å². The van der Waals surface area contributed by atoms with Crippen molar-refractivity contribution in [2.45, 2.75) is 38.7 Å². The van der Waals surface area contributed by atoms with Crippen molar-refractivity contribution in [3.05, 3.63) is 129 Å². The van der Waals surface area contributed by atoms with Crippen LogP contribution in [0.4, 0.5) is 48.3 Å². The predicted octanol–water partition coefficient (Wildman–Crippen LogP) is 9.69. The molecule has 0 saturated heterocycles. The molecule has 0 amide bonds. The standard InChI is InChI=1S/C34H19F11O2/c1-2-3-4-19-5-9-22(10-6-19)33(41,42)46-23-17-28(37)25(29(38)18-23)12-7-20-13-26(35)24(27(36)14-20)11-8-21-15-30(39)32(31(40)16-21)47-34(43,44)45/h5-6,9-10,13-18H,2-4H2,1H3. The lowest BCUT2D eigenvalue weighted by molar-refractivity contribution is -0.276. The van der Waals surface area contributed by atoms with Crippen molar-refractivity contribution < 1.29 is 57.8 Å². The number of aryl methyl sites for hydroxylation is 1. The average Bonchev–Trinajstić information content (AvgIpc) is 2.96. The van der Waals surface area contributed by atoms with Crippen molar-refractivity contribution in [2.24, 2.45) is 0 Å². The smallest absolute Gasteiger partial charge is 0.429 e. The zero-order chi connectivity index (χ0) is 34.5. The Morgan fingerprint density at radius 3 is 1.47 bits per heavy atom. The summed E-state index contributed by atoms with van der Waals surface area (Å²) >= 11 is 0. The summed E-state index contributed by atoms with van der Waals surface area (Å²) < 4.78 is 160. The van der Waals surface area contributed by atoms with Gasteiger partial charge in [0.15, 0.2) is 11.6 Å². The SMILES string of the molecule is CCCCc1ccc(C(F)(F)Oc2cc(F)c(C#Cc3cc(F)c(C#Cc4cc(F)c(OC(F)(F)F)c(F)c4)c(F)c3)c(F)c2)cc1. The average molecular weight is 669 g/mol. The lowest BCUT2D eigenvalue weighted by atomic mass is 10.1. The second kappa shape index (κ2) is 14.1. The van der Waals surface area contributed by atoms with E-state index in [4.69, 9.17) is 0 Å². The van der Waals surface area contributed by atoms with Crippen molar-refractivity contribution in [3.63, 3.8) is 0 Å². The third-order valence-corrected chi connectivity index (χ3v) is 6.29. The largest absolute Gasteiger partial charge is 0.573 e. The lowest BCUT2D eigenvalue weighted by Crippen LogP contribution is -2.22. The van der Waals surface area contributed by atoms with Gasteiger partial charge in [-0.3, -0.25) is 0 Å². The van der Waals surface area contributed by atoms with Gasteiger partial charge in [0, 0.05) is 23.3 Å². The fraction of sp³-hybridized carbons (Fsp3) is 0.176. The third kappa shape index (κ3) is 8.97. The molecule has 4 aromatic carbocycles. The van der Waals surface area contributed by atoms with Crippen LogP contribution in [-0.4, -0.2) is 6.36 Å². The molecular weight excluding hydrogens is 649 g/mol. The van der Waals surface area contributed by atoms with Crippen LogP contribution >= 0.6 is 0 Å². The quantitative estimate of drug-likeness (QED) is 0.144. The Kier molecular flexibility index (Phi) is 10.4. The Labute approximate surface area is 260 Å². The van der Waals surface area contributed by atoms with Gasteiger partial charge in [0.05, 0.1) is 16.7 Å². The highest BCUT2D eigenvalue weighted by molar-refractivity contribution is 5.51. The van der Waals surface area contributed by atoms with Crippen LogP contribution in [-0.2, 0) is 12.5 Å². The summed E-state index contributed by atoms with van der Waals surface area (Å²) in [7, 11) is 0. The van der Waals surface area contributed by atoms with Crippen LogP contribution in [0.1, 0.15) is 53.1 Å². The molecule has 4 rings (SSSR count). The van der Waals surface area contributed by atoms with Crippen LogP contribution in [0.3, 0.4) is 0 Å². The molecule has 0 aliphatic carbocycles. The first-order valence-electron chi connectivity index (χ1n) is 13.5. The molecule has 0 aliphatic heterocycles. The minimum Gasteiger partial charge on any atom is -0.429 e. The van der Waals surface area contributed by atoms with Crippen LogP contribution in [0.25, 0.3) is 0 Å². The predicted molar refractivity (Wildman–Crippen MR) is 147 cm³/mol. The molecule has 0 N–H and O–H groups in total. The summed E-state index contributed by atoms with van der Waals surface area (Å²) in [5.74, 6) is -3.60. The fourth-order valence-corrected chi connectivity index (χ4v) is 4.06. The summed E-state index contributed by atoms with van der Waals surface area (Å²) in [4.78, 5) is 0. The molecule has 4 aromatic rings. The maximum Gasteiger partial charge on any atom is 0.573 e. The zero-order valence-corrected chi connectivity index (χ0v) is 23.9. The molecule has 0 aliphatic rings. The lowest BCUT2D eigenvalue weighted by Gasteiger charge is -2.19. The van der Waals surface area contributed by atoms with E-state index in [1.54, 1.807) is 0 Å². The molecular formula is C34H19F11O2. The first kappa shape index (κ1) is 34.7. The summed E-state index contributed by atoms with van der Waals surface area (Å²) in [5.41, 5.74) is -2.60. The molecule has 47 heavy (non-hydrogen) atoms. The monoisotopic (exact) mass is 668 g/mol. The highest BCUT2D eigenvalue weighted by Gasteiger charge is 2.35. The van der Waals surface area contributed by atoms with E-state index >= 15 is 0 Å². The first-order valence-corrected chi connectivity index (χ1v) is 13.5. The minimum absolute atomic E-state index is 0.346. The highest BCUT2D eigenvalue weighted by Crippen LogP contribution is 2.33. The van der Waals surface area contributed by atoms with Gasteiger partial charge in [0.25, 0.3) is 0 Å². The summed E-state index contributed by atoms with van der Waals surface area (Å²) in [6, 6.07) is 8.11. The van der Waals surface area contributed by atoms with Gasteiger partial charge in [0.1, 0.15) is 29.0 Å². The zero-order valence-electron chi connectivity index (χ0n) is 23.9.